The van der Waals surface area contributed by atoms with E-state index in [4.69, 9.17) is 4.52 Å². The molecule has 0 unspecified atom stereocenters. The average molecular weight is 382 g/mol. The first kappa shape index (κ1) is 19.8. The average Bonchev–Trinajstić information content (AvgIpc) is 3.09. The molecule has 8 heteroatoms. The molecular formula is C19H25F3N4O. The number of rotatable bonds is 5. The van der Waals surface area contributed by atoms with E-state index in [9.17, 15) is 13.2 Å². The smallest absolute Gasteiger partial charge is 0.338 e. The van der Waals surface area contributed by atoms with Crippen molar-refractivity contribution in [1.29, 1.82) is 0 Å². The summed E-state index contributed by atoms with van der Waals surface area (Å²) in [4.78, 5) is 8.93. The van der Waals surface area contributed by atoms with Crippen LogP contribution in [-0.2, 0) is 12.7 Å². The minimum Gasteiger partial charge on any atom is -0.338 e. The highest BCUT2D eigenvalue weighted by molar-refractivity contribution is 5.55. The zero-order valence-electron chi connectivity index (χ0n) is 15.8. The molecule has 148 valence electrons. The maximum absolute atomic E-state index is 12.9. The lowest BCUT2D eigenvalue weighted by atomic mass is 10.0. The van der Waals surface area contributed by atoms with E-state index in [1.165, 1.54) is 6.07 Å². The zero-order valence-corrected chi connectivity index (χ0v) is 15.8. The van der Waals surface area contributed by atoms with Gasteiger partial charge in [-0.25, -0.2) is 0 Å². The molecule has 0 spiro atoms. The fraction of sp³-hybridized carbons (Fsp3) is 0.579. The summed E-state index contributed by atoms with van der Waals surface area (Å²) in [5.74, 6) is 0.593. The van der Waals surface area contributed by atoms with Crippen LogP contribution >= 0.6 is 0 Å². The van der Waals surface area contributed by atoms with E-state index < -0.39 is 11.7 Å². The number of likely N-dealkylation sites (tertiary alicyclic amines) is 1. The van der Waals surface area contributed by atoms with Crippen LogP contribution in [0.15, 0.2) is 28.8 Å². The monoisotopic (exact) mass is 382 g/mol. The second-order valence-corrected chi connectivity index (χ2v) is 7.37. The molecule has 1 saturated heterocycles. The van der Waals surface area contributed by atoms with E-state index in [0.717, 1.165) is 38.1 Å². The van der Waals surface area contributed by atoms with Gasteiger partial charge < -0.3 is 9.42 Å². The maximum Gasteiger partial charge on any atom is 0.416 e. The molecule has 0 radical (unpaired) electrons. The van der Waals surface area contributed by atoms with E-state index in [2.05, 4.69) is 33.8 Å². The topological polar surface area (TPSA) is 45.4 Å². The van der Waals surface area contributed by atoms with Crippen LogP contribution in [0.4, 0.5) is 13.2 Å². The first-order valence-corrected chi connectivity index (χ1v) is 9.18. The van der Waals surface area contributed by atoms with Crippen molar-refractivity contribution in [2.24, 2.45) is 0 Å². The van der Waals surface area contributed by atoms with Crippen LogP contribution in [0.1, 0.15) is 38.1 Å². The van der Waals surface area contributed by atoms with Gasteiger partial charge in [0, 0.05) is 17.6 Å². The van der Waals surface area contributed by atoms with E-state index in [1.807, 2.05) is 7.05 Å². The quantitative estimate of drug-likeness (QED) is 0.780. The fourth-order valence-electron chi connectivity index (χ4n) is 3.46. The predicted octanol–water partition coefficient (Wildman–Crippen LogP) is 4.06. The Bertz CT molecular complexity index is 751. The van der Waals surface area contributed by atoms with Gasteiger partial charge in [0.2, 0.25) is 11.7 Å². The van der Waals surface area contributed by atoms with Crippen LogP contribution in [0.25, 0.3) is 11.4 Å². The molecule has 2 aromatic rings. The van der Waals surface area contributed by atoms with Gasteiger partial charge in [-0.2, -0.15) is 18.2 Å². The van der Waals surface area contributed by atoms with Crippen LogP contribution in [0.2, 0.25) is 0 Å². The van der Waals surface area contributed by atoms with Crippen molar-refractivity contribution < 1.29 is 17.7 Å². The highest BCUT2D eigenvalue weighted by atomic mass is 19.4. The molecule has 0 aliphatic carbocycles. The molecule has 1 aliphatic rings. The van der Waals surface area contributed by atoms with E-state index in [0.29, 0.717) is 30.1 Å². The van der Waals surface area contributed by atoms with Crippen LogP contribution in [0.3, 0.4) is 0 Å². The van der Waals surface area contributed by atoms with E-state index in [-0.39, 0.29) is 5.82 Å². The van der Waals surface area contributed by atoms with Gasteiger partial charge in [-0.15, -0.1) is 0 Å². The third kappa shape index (κ3) is 4.87. The van der Waals surface area contributed by atoms with Gasteiger partial charge in [-0.3, -0.25) is 4.90 Å². The summed E-state index contributed by atoms with van der Waals surface area (Å²) in [5.41, 5.74) is -0.423. The second-order valence-electron chi connectivity index (χ2n) is 7.37. The van der Waals surface area contributed by atoms with Gasteiger partial charge in [-0.1, -0.05) is 17.3 Å². The predicted molar refractivity (Wildman–Crippen MR) is 95.9 cm³/mol. The molecule has 5 nitrogen and oxygen atoms in total. The molecule has 1 aliphatic heterocycles. The summed E-state index contributed by atoms with van der Waals surface area (Å²) in [7, 11) is 2.02. The van der Waals surface area contributed by atoms with Crippen LogP contribution < -0.4 is 0 Å². The number of aromatic nitrogens is 2. The molecule has 0 amide bonds. The van der Waals surface area contributed by atoms with E-state index in [1.54, 1.807) is 6.07 Å². The maximum atomic E-state index is 12.9. The lowest BCUT2D eigenvalue weighted by molar-refractivity contribution is -0.137. The Morgan fingerprint density at radius 2 is 1.96 bits per heavy atom. The molecule has 1 fully saturated rings. The fourth-order valence-corrected chi connectivity index (χ4v) is 3.46. The highest BCUT2D eigenvalue weighted by Crippen LogP contribution is 2.31. The minimum absolute atomic E-state index is 0.180. The number of piperidine rings is 1. The van der Waals surface area contributed by atoms with Crippen LogP contribution in [-0.4, -0.2) is 52.2 Å². The summed E-state index contributed by atoms with van der Waals surface area (Å²) in [6.07, 6.45) is -2.25. The summed E-state index contributed by atoms with van der Waals surface area (Å²) < 4.78 is 43.9. The summed E-state index contributed by atoms with van der Waals surface area (Å²) in [6, 6.07) is 5.96. The van der Waals surface area contributed by atoms with Crippen molar-refractivity contribution >= 4 is 0 Å². The normalized spacial score (nSPS) is 17.2. The Hall–Kier alpha value is -1.93. The Morgan fingerprint density at radius 3 is 2.59 bits per heavy atom. The Morgan fingerprint density at radius 1 is 1.26 bits per heavy atom. The van der Waals surface area contributed by atoms with Crippen LogP contribution in [0.5, 0.6) is 0 Å². The zero-order chi connectivity index (χ0) is 19.6. The van der Waals surface area contributed by atoms with Gasteiger partial charge in [0.05, 0.1) is 12.1 Å². The van der Waals surface area contributed by atoms with Crippen molar-refractivity contribution in [2.45, 2.75) is 51.5 Å². The molecule has 0 N–H and O–H groups in total. The lowest BCUT2D eigenvalue weighted by Gasteiger charge is -2.38. The SMILES string of the molecule is CC(C)N1CCC(N(C)Cc2nc(-c3cccc(C(F)(F)F)c3)no2)CC1. The molecule has 27 heavy (non-hydrogen) atoms. The van der Waals surface area contributed by atoms with Gasteiger partial charge >= 0.3 is 6.18 Å². The summed E-state index contributed by atoms with van der Waals surface area (Å²) in [6.45, 7) is 7.02. The van der Waals surface area contributed by atoms with Gasteiger partial charge in [0.15, 0.2) is 0 Å². The van der Waals surface area contributed by atoms with Crippen LogP contribution in [0, 0.1) is 0 Å². The number of hydrogen-bond acceptors (Lipinski definition) is 5. The lowest BCUT2D eigenvalue weighted by Crippen LogP contribution is -2.45. The van der Waals surface area contributed by atoms with Crippen molar-refractivity contribution in [1.82, 2.24) is 19.9 Å². The van der Waals surface area contributed by atoms with Gasteiger partial charge in [-0.05, 0) is 59.0 Å². The molecule has 2 heterocycles. The molecular weight excluding hydrogens is 357 g/mol. The van der Waals surface area contributed by atoms with Gasteiger partial charge in [0.1, 0.15) is 0 Å². The Kier molecular flexibility index (Phi) is 5.86. The summed E-state index contributed by atoms with van der Waals surface area (Å²) in [5, 5.41) is 3.85. The number of hydrogen-bond donors (Lipinski definition) is 0. The number of nitrogens with zero attached hydrogens (tertiary/aromatic N) is 4. The first-order chi connectivity index (χ1) is 12.7. The number of halogens is 3. The molecule has 1 aromatic heterocycles. The summed E-state index contributed by atoms with van der Waals surface area (Å²) >= 11 is 0. The molecule has 1 aromatic carbocycles. The molecule has 0 saturated carbocycles. The molecule has 0 bridgehead atoms. The standard InChI is InChI=1S/C19H25F3N4O/c1-13(2)26-9-7-16(8-10-26)25(3)12-17-23-18(24-27-17)14-5-4-6-15(11-14)19(20,21)22/h4-6,11,13,16H,7-10,12H2,1-3H3. The third-order valence-corrected chi connectivity index (χ3v) is 5.15. The minimum atomic E-state index is -4.40. The van der Waals surface area contributed by atoms with Crippen molar-refractivity contribution in [3.8, 4) is 11.4 Å². The number of alkyl halides is 3. The molecule has 3 rings (SSSR count). The largest absolute Gasteiger partial charge is 0.416 e. The highest BCUT2D eigenvalue weighted by Gasteiger charge is 2.31. The van der Waals surface area contributed by atoms with E-state index >= 15 is 0 Å². The molecule has 0 atom stereocenters. The van der Waals surface area contributed by atoms with Crippen molar-refractivity contribution in [3.05, 3.63) is 35.7 Å². The third-order valence-electron chi connectivity index (χ3n) is 5.15. The Balaban J connectivity index is 1.63. The van der Waals surface area contributed by atoms with Crippen molar-refractivity contribution in [2.75, 3.05) is 20.1 Å². The van der Waals surface area contributed by atoms with Crippen molar-refractivity contribution in [3.63, 3.8) is 0 Å². The van der Waals surface area contributed by atoms with Gasteiger partial charge in [0.25, 0.3) is 0 Å². The Labute approximate surface area is 157 Å². The number of benzene rings is 1. The first-order valence-electron chi connectivity index (χ1n) is 9.18. The second kappa shape index (κ2) is 7.98.